The minimum Gasteiger partial charge on any atom is -0.349 e. The monoisotopic (exact) mass is 280 g/mol. The maximum Gasteiger partial charge on any atom is 0.251 e. The van der Waals surface area contributed by atoms with E-state index in [9.17, 15) is 9.18 Å². The number of rotatable bonds is 6. The Kier molecular flexibility index (Phi) is 6.11. The van der Waals surface area contributed by atoms with Crippen molar-refractivity contribution in [1.29, 1.82) is 0 Å². The summed E-state index contributed by atoms with van der Waals surface area (Å²) in [7, 11) is 0. The van der Waals surface area contributed by atoms with Gasteiger partial charge in [0.2, 0.25) is 5.95 Å². The molecular formula is C16H25FN2O. The standard InChI is InChI=1S/C16H25FN2O/c1-10(2)8-14(12(5)11(3)4)19-16(20)13-6-7-18-15(17)9-13/h6-7,9-12,14H,8H2,1-5H3,(H,19,20). The molecule has 0 aliphatic carbocycles. The van der Waals surface area contributed by atoms with Crippen LogP contribution in [0.2, 0.25) is 0 Å². The maximum atomic E-state index is 13.1. The van der Waals surface area contributed by atoms with Gasteiger partial charge in [-0.05, 0) is 30.2 Å². The van der Waals surface area contributed by atoms with Crippen LogP contribution in [0.15, 0.2) is 18.3 Å². The number of amides is 1. The fraction of sp³-hybridized carbons (Fsp3) is 0.625. The summed E-state index contributed by atoms with van der Waals surface area (Å²) in [5.41, 5.74) is 0.321. The molecular weight excluding hydrogens is 255 g/mol. The van der Waals surface area contributed by atoms with Gasteiger partial charge in [-0.15, -0.1) is 0 Å². The van der Waals surface area contributed by atoms with Gasteiger partial charge in [-0.3, -0.25) is 4.79 Å². The van der Waals surface area contributed by atoms with Gasteiger partial charge in [0.05, 0.1) is 0 Å². The number of halogens is 1. The third-order valence-corrected chi connectivity index (χ3v) is 3.72. The Labute approximate surface area is 121 Å². The van der Waals surface area contributed by atoms with Crippen molar-refractivity contribution in [3.8, 4) is 0 Å². The molecule has 1 heterocycles. The molecule has 0 fully saturated rings. The first-order valence-electron chi connectivity index (χ1n) is 7.23. The maximum absolute atomic E-state index is 13.1. The SMILES string of the molecule is CC(C)CC(NC(=O)c1ccnc(F)c1)C(C)C(C)C. The number of carbonyl (C=O) groups is 1. The highest BCUT2D eigenvalue weighted by molar-refractivity contribution is 5.94. The zero-order chi connectivity index (χ0) is 15.3. The van der Waals surface area contributed by atoms with Crippen molar-refractivity contribution in [3.05, 3.63) is 29.8 Å². The minimum absolute atomic E-state index is 0.0960. The van der Waals surface area contributed by atoms with Crippen LogP contribution in [-0.2, 0) is 0 Å². The Morgan fingerprint density at radius 2 is 1.95 bits per heavy atom. The largest absolute Gasteiger partial charge is 0.349 e. The Balaban J connectivity index is 2.81. The lowest BCUT2D eigenvalue weighted by Gasteiger charge is -2.29. The van der Waals surface area contributed by atoms with Crippen LogP contribution in [0.5, 0.6) is 0 Å². The average Bonchev–Trinajstić information content (AvgIpc) is 2.36. The Bertz CT molecular complexity index is 446. The molecule has 0 saturated heterocycles. The van der Waals surface area contributed by atoms with E-state index in [2.05, 4.69) is 44.9 Å². The molecule has 0 radical (unpaired) electrons. The number of hydrogen-bond donors (Lipinski definition) is 1. The molecule has 1 aromatic heterocycles. The van der Waals surface area contributed by atoms with E-state index in [0.717, 1.165) is 6.42 Å². The van der Waals surface area contributed by atoms with E-state index >= 15 is 0 Å². The van der Waals surface area contributed by atoms with Crippen LogP contribution in [0.4, 0.5) is 4.39 Å². The molecule has 0 saturated carbocycles. The van der Waals surface area contributed by atoms with Gasteiger partial charge in [0.25, 0.3) is 5.91 Å². The van der Waals surface area contributed by atoms with Crippen molar-refractivity contribution in [2.75, 3.05) is 0 Å². The van der Waals surface area contributed by atoms with Crippen LogP contribution in [0.25, 0.3) is 0 Å². The lowest BCUT2D eigenvalue weighted by Crippen LogP contribution is -2.42. The van der Waals surface area contributed by atoms with Crippen LogP contribution in [0.3, 0.4) is 0 Å². The molecule has 3 nitrogen and oxygen atoms in total. The fourth-order valence-corrected chi connectivity index (χ4v) is 2.17. The van der Waals surface area contributed by atoms with E-state index in [1.807, 2.05) is 0 Å². The highest BCUT2D eigenvalue weighted by atomic mass is 19.1. The second-order valence-electron chi connectivity index (χ2n) is 6.18. The molecule has 20 heavy (non-hydrogen) atoms. The van der Waals surface area contributed by atoms with Crippen LogP contribution < -0.4 is 5.32 Å². The Morgan fingerprint density at radius 3 is 2.45 bits per heavy atom. The third kappa shape index (κ3) is 4.91. The van der Waals surface area contributed by atoms with Gasteiger partial charge in [0, 0.05) is 23.9 Å². The highest BCUT2D eigenvalue weighted by Crippen LogP contribution is 2.20. The van der Waals surface area contributed by atoms with Gasteiger partial charge < -0.3 is 5.32 Å². The van der Waals surface area contributed by atoms with Gasteiger partial charge in [0.1, 0.15) is 0 Å². The van der Waals surface area contributed by atoms with Crippen molar-refractivity contribution in [1.82, 2.24) is 10.3 Å². The summed E-state index contributed by atoms with van der Waals surface area (Å²) in [6.07, 6.45) is 2.23. The summed E-state index contributed by atoms with van der Waals surface area (Å²) in [5, 5.41) is 3.04. The van der Waals surface area contributed by atoms with Crippen LogP contribution in [0.1, 0.15) is 51.4 Å². The highest BCUT2D eigenvalue weighted by Gasteiger charge is 2.23. The normalized spacial score (nSPS) is 14.4. The molecule has 0 spiro atoms. The smallest absolute Gasteiger partial charge is 0.251 e. The second-order valence-corrected chi connectivity index (χ2v) is 6.18. The van der Waals surface area contributed by atoms with E-state index in [1.165, 1.54) is 18.3 Å². The topological polar surface area (TPSA) is 42.0 Å². The summed E-state index contributed by atoms with van der Waals surface area (Å²) < 4.78 is 13.1. The molecule has 2 unspecified atom stereocenters. The molecule has 0 bridgehead atoms. The number of carbonyl (C=O) groups excluding carboxylic acids is 1. The predicted molar refractivity (Wildman–Crippen MR) is 78.9 cm³/mol. The second kappa shape index (κ2) is 7.36. The first kappa shape index (κ1) is 16.6. The summed E-state index contributed by atoms with van der Waals surface area (Å²) >= 11 is 0. The first-order chi connectivity index (χ1) is 9.31. The van der Waals surface area contributed by atoms with E-state index in [0.29, 0.717) is 23.3 Å². The van der Waals surface area contributed by atoms with Crippen molar-refractivity contribution < 1.29 is 9.18 Å². The van der Waals surface area contributed by atoms with E-state index in [4.69, 9.17) is 0 Å². The van der Waals surface area contributed by atoms with Gasteiger partial charge in [-0.25, -0.2) is 4.98 Å². The van der Waals surface area contributed by atoms with Gasteiger partial charge in [0.15, 0.2) is 0 Å². The Morgan fingerprint density at radius 1 is 1.30 bits per heavy atom. The van der Waals surface area contributed by atoms with Crippen LogP contribution >= 0.6 is 0 Å². The zero-order valence-electron chi connectivity index (χ0n) is 13.0. The average molecular weight is 280 g/mol. The summed E-state index contributed by atoms with van der Waals surface area (Å²) in [6, 6.07) is 2.80. The van der Waals surface area contributed by atoms with Crippen molar-refractivity contribution in [3.63, 3.8) is 0 Å². The lowest BCUT2D eigenvalue weighted by molar-refractivity contribution is 0.0907. The van der Waals surface area contributed by atoms with Crippen molar-refractivity contribution in [2.24, 2.45) is 17.8 Å². The molecule has 0 aromatic carbocycles. The summed E-state index contributed by atoms with van der Waals surface area (Å²) in [4.78, 5) is 15.7. The van der Waals surface area contributed by atoms with Crippen molar-refractivity contribution >= 4 is 5.91 Å². The molecule has 0 aliphatic heterocycles. The number of nitrogens with zero attached hydrogens (tertiary/aromatic N) is 1. The first-order valence-corrected chi connectivity index (χ1v) is 7.23. The number of pyridine rings is 1. The molecule has 112 valence electrons. The van der Waals surface area contributed by atoms with E-state index < -0.39 is 5.95 Å². The third-order valence-electron chi connectivity index (χ3n) is 3.72. The van der Waals surface area contributed by atoms with E-state index in [-0.39, 0.29) is 11.9 Å². The summed E-state index contributed by atoms with van der Waals surface area (Å²) in [5.74, 6) is 0.483. The summed E-state index contributed by atoms with van der Waals surface area (Å²) in [6.45, 7) is 10.7. The molecule has 1 N–H and O–H groups in total. The molecule has 1 rings (SSSR count). The lowest BCUT2D eigenvalue weighted by atomic mass is 9.85. The minimum atomic E-state index is -0.630. The number of hydrogen-bond acceptors (Lipinski definition) is 2. The quantitative estimate of drug-likeness (QED) is 0.808. The number of nitrogens with one attached hydrogen (secondary N) is 1. The predicted octanol–water partition coefficient (Wildman–Crippen LogP) is 3.66. The van der Waals surface area contributed by atoms with Crippen LogP contribution in [0, 0.1) is 23.7 Å². The van der Waals surface area contributed by atoms with Gasteiger partial charge in [-0.1, -0.05) is 34.6 Å². The zero-order valence-corrected chi connectivity index (χ0v) is 13.0. The molecule has 4 heteroatoms. The van der Waals surface area contributed by atoms with Gasteiger partial charge >= 0.3 is 0 Å². The number of aromatic nitrogens is 1. The van der Waals surface area contributed by atoms with Crippen LogP contribution in [-0.4, -0.2) is 16.9 Å². The molecule has 1 amide bonds. The molecule has 0 aliphatic rings. The van der Waals surface area contributed by atoms with Crippen molar-refractivity contribution in [2.45, 2.75) is 47.1 Å². The Hall–Kier alpha value is -1.45. The van der Waals surface area contributed by atoms with Gasteiger partial charge in [-0.2, -0.15) is 4.39 Å². The fourth-order valence-electron chi connectivity index (χ4n) is 2.17. The molecule has 1 aromatic rings. The molecule has 2 atom stereocenters. The van der Waals surface area contributed by atoms with E-state index in [1.54, 1.807) is 0 Å².